The van der Waals surface area contributed by atoms with Crippen LogP contribution in [0.5, 0.6) is 17.4 Å². The van der Waals surface area contributed by atoms with Crippen molar-refractivity contribution in [3.05, 3.63) is 41.5 Å². The number of ether oxygens (including phenoxy) is 2. The molecule has 0 aliphatic heterocycles. The second kappa shape index (κ2) is 5.37. The number of thiophene rings is 1. The van der Waals surface area contributed by atoms with Crippen molar-refractivity contribution in [2.24, 2.45) is 0 Å². The highest BCUT2D eigenvalue weighted by molar-refractivity contribution is 7.16. The highest BCUT2D eigenvalue weighted by atomic mass is 32.1. The average Bonchev–Trinajstić information content (AvgIpc) is 2.96. The van der Waals surface area contributed by atoms with Gasteiger partial charge in [-0.05, 0) is 29.6 Å². The molecule has 7 heteroatoms. The Labute approximate surface area is 123 Å². The average molecular weight is 302 g/mol. The third kappa shape index (κ3) is 2.50. The minimum Gasteiger partial charge on any atom is -0.493 e. The van der Waals surface area contributed by atoms with Crippen LogP contribution in [-0.2, 0) is 0 Å². The second-order valence-corrected chi connectivity index (χ2v) is 4.99. The summed E-state index contributed by atoms with van der Waals surface area (Å²) in [5, 5.41) is 11.7. The van der Waals surface area contributed by atoms with Crippen LogP contribution in [-0.4, -0.2) is 28.2 Å². The van der Waals surface area contributed by atoms with Gasteiger partial charge >= 0.3 is 5.97 Å². The van der Waals surface area contributed by atoms with E-state index in [2.05, 4.69) is 9.97 Å². The maximum absolute atomic E-state index is 11.1. The fraction of sp³-hybridized carbons (Fsp3) is 0.0714. The van der Waals surface area contributed by atoms with Crippen molar-refractivity contribution in [3.63, 3.8) is 0 Å². The fourth-order valence-corrected chi connectivity index (χ4v) is 2.57. The molecule has 1 N–H and O–H groups in total. The lowest BCUT2D eigenvalue weighted by Gasteiger charge is -2.10. The lowest BCUT2D eigenvalue weighted by molar-refractivity contribution is 0.0696. The van der Waals surface area contributed by atoms with Crippen LogP contribution in [0.25, 0.3) is 10.2 Å². The zero-order valence-corrected chi connectivity index (χ0v) is 11.8. The van der Waals surface area contributed by atoms with Crippen molar-refractivity contribution in [1.29, 1.82) is 0 Å². The lowest BCUT2D eigenvalue weighted by atomic mass is 10.2. The summed E-state index contributed by atoms with van der Waals surface area (Å²) in [6.07, 6.45) is 1.40. The molecule has 0 spiro atoms. The van der Waals surface area contributed by atoms with Crippen LogP contribution in [0.1, 0.15) is 10.4 Å². The smallest absolute Gasteiger partial charge is 0.335 e. The molecule has 0 aliphatic rings. The number of carboxylic acid groups (broad SMARTS) is 1. The Hall–Kier alpha value is -2.67. The van der Waals surface area contributed by atoms with Crippen LogP contribution < -0.4 is 9.47 Å². The van der Waals surface area contributed by atoms with E-state index < -0.39 is 5.97 Å². The lowest BCUT2D eigenvalue weighted by Crippen LogP contribution is -1.99. The van der Waals surface area contributed by atoms with Gasteiger partial charge in [0.25, 0.3) is 0 Å². The van der Waals surface area contributed by atoms with E-state index in [1.807, 2.05) is 11.4 Å². The van der Waals surface area contributed by atoms with E-state index in [1.165, 1.54) is 36.9 Å². The van der Waals surface area contributed by atoms with Gasteiger partial charge < -0.3 is 14.6 Å². The summed E-state index contributed by atoms with van der Waals surface area (Å²) in [5.74, 6) is 0.0542. The normalized spacial score (nSPS) is 10.5. The van der Waals surface area contributed by atoms with E-state index in [1.54, 1.807) is 6.07 Å². The van der Waals surface area contributed by atoms with E-state index in [0.29, 0.717) is 17.4 Å². The minimum atomic E-state index is -1.04. The molecule has 0 unspecified atom stereocenters. The maximum atomic E-state index is 11.1. The van der Waals surface area contributed by atoms with Gasteiger partial charge in [0.2, 0.25) is 5.88 Å². The molecule has 3 aromatic rings. The number of benzene rings is 1. The van der Waals surface area contributed by atoms with Crippen molar-refractivity contribution in [3.8, 4) is 17.4 Å². The molecule has 0 fully saturated rings. The monoisotopic (exact) mass is 302 g/mol. The number of methoxy groups -OCH3 is 1. The summed E-state index contributed by atoms with van der Waals surface area (Å²) in [6, 6.07) is 6.25. The van der Waals surface area contributed by atoms with Crippen LogP contribution in [0.2, 0.25) is 0 Å². The molecular weight excluding hydrogens is 292 g/mol. The summed E-state index contributed by atoms with van der Waals surface area (Å²) < 4.78 is 10.9. The standard InChI is InChI=1S/C14H10N2O4S/c1-19-10-3-2-8(14(17)18)6-11(10)20-12-9-4-5-21-13(9)16-7-15-12/h2-7H,1H3,(H,17,18). The van der Waals surface area contributed by atoms with Crippen LogP contribution in [0.4, 0.5) is 0 Å². The van der Waals surface area contributed by atoms with E-state index in [0.717, 1.165) is 10.2 Å². The van der Waals surface area contributed by atoms with E-state index in [-0.39, 0.29) is 5.56 Å². The predicted octanol–water partition coefficient (Wildman–Crippen LogP) is 3.19. The fourth-order valence-electron chi connectivity index (χ4n) is 1.84. The minimum absolute atomic E-state index is 0.112. The van der Waals surface area contributed by atoms with Gasteiger partial charge in [0.15, 0.2) is 11.5 Å². The Morgan fingerprint density at radius 3 is 2.86 bits per heavy atom. The van der Waals surface area contributed by atoms with Gasteiger partial charge in [-0.1, -0.05) is 0 Å². The van der Waals surface area contributed by atoms with Gasteiger partial charge in [0.1, 0.15) is 11.2 Å². The number of aromatic carboxylic acids is 1. The Morgan fingerprint density at radius 2 is 2.10 bits per heavy atom. The summed E-state index contributed by atoms with van der Waals surface area (Å²) in [5.41, 5.74) is 0.112. The zero-order chi connectivity index (χ0) is 14.8. The van der Waals surface area contributed by atoms with E-state index >= 15 is 0 Å². The number of carbonyl (C=O) groups is 1. The molecule has 0 saturated heterocycles. The first kappa shape index (κ1) is 13.3. The van der Waals surface area contributed by atoms with Gasteiger partial charge in [0.05, 0.1) is 18.1 Å². The first-order valence-corrected chi connectivity index (χ1v) is 6.84. The number of carboxylic acids is 1. The molecule has 0 radical (unpaired) electrons. The molecular formula is C14H10N2O4S. The zero-order valence-electron chi connectivity index (χ0n) is 10.9. The van der Waals surface area contributed by atoms with Gasteiger partial charge in [-0.3, -0.25) is 0 Å². The van der Waals surface area contributed by atoms with Crippen molar-refractivity contribution in [2.45, 2.75) is 0 Å². The van der Waals surface area contributed by atoms with Crippen molar-refractivity contribution in [1.82, 2.24) is 9.97 Å². The maximum Gasteiger partial charge on any atom is 0.335 e. The number of nitrogens with zero attached hydrogens (tertiary/aromatic N) is 2. The van der Waals surface area contributed by atoms with Gasteiger partial charge in [-0.25, -0.2) is 14.8 Å². The summed E-state index contributed by atoms with van der Waals surface area (Å²) in [4.78, 5) is 20.1. The second-order valence-electron chi connectivity index (χ2n) is 4.09. The topological polar surface area (TPSA) is 81.5 Å². The molecule has 106 valence electrons. The van der Waals surface area contributed by atoms with Crippen LogP contribution in [0, 0.1) is 0 Å². The van der Waals surface area contributed by atoms with Crippen LogP contribution in [0.15, 0.2) is 36.0 Å². The van der Waals surface area contributed by atoms with Gasteiger partial charge in [-0.15, -0.1) is 11.3 Å². The molecule has 6 nitrogen and oxygen atoms in total. The van der Waals surface area contributed by atoms with Crippen LogP contribution in [0.3, 0.4) is 0 Å². The van der Waals surface area contributed by atoms with Crippen molar-refractivity contribution in [2.75, 3.05) is 7.11 Å². The largest absolute Gasteiger partial charge is 0.493 e. The number of rotatable bonds is 4. The van der Waals surface area contributed by atoms with Gasteiger partial charge in [0, 0.05) is 0 Å². The summed E-state index contributed by atoms with van der Waals surface area (Å²) >= 11 is 1.47. The van der Waals surface area contributed by atoms with Crippen molar-refractivity contribution >= 4 is 27.5 Å². The molecule has 0 bridgehead atoms. The highest BCUT2D eigenvalue weighted by Crippen LogP contribution is 2.35. The number of fused-ring (bicyclic) bond motifs is 1. The first-order chi connectivity index (χ1) is 10.2. The molecule has 0 aliphatic carbocycles. The number of aromatic nitrogens is 2. The molecule has 21 heavy (non-hydrogen) atoms. The van der Waals surface area contributed by atoms with E-state index in [4.69, 9.17) is 14.6 Å². The Kier molecular flexibility index (Phi) is 3.41. The predicted molar refractivity (Wildman–Crippen MR) is 77.4 cm³/mol. The van der Waals surface area contributed by atoms with Crippen LogP contribution >= 0.6 is 11.3 Å². The quantitative estimate of drug-likeness (QED) is 0.797. The Morgan fingerprint density at radius 1 is 1.24 bits per heavy atom. The van der Waals surface area contributed by atoms with Crippen molar-refractivity contribution < 1.29 is 19.4 Å². The molecule has 0 atom stereocenters. The molecule has 3 rings (SSSR count). The molecule has 2 aromatic heterocycles. The highest BCUT2D eigenvalue weighted by Gasteiger charge is 2.13. The molecule has 0 saturated carbocycles. The summed E-state index contributed by atoms with van der Waals surface area (Å²) in [7, 11) is 1.49. The van der Waals surface area contributed by atoms with E-state index in [9.17, 15) is 4.79 Å². The first-order valence-electron chi connectivity index (χ1n) is 5.96. The Bertz CT molecular complexity index is 816. The Balaban J connectivity index is 2.06. The van der Waals surface area contributed by atoms with Gasteiger partial charge in [-0.2, -0.15) is 0 Å². The number of hydrogen-bond donors (Lipinski definition) is 1. The third-order valence-corrected chi connectivity index (χ3v) is 3.66. The number of hydrogen-bond acceptors (Lipinski definition) is 6. The SMILES string of the molecule is COc1ccc(C(=O)O)cc1Oc1ncnc2sccc12. The third-order valence-electron chi connectivity index (χ3n) is 2.84. The molecule has 2 heterocycles. The summed E-state index contributed by atoms with van der Waals surface area (Å²) in [6.45, 7) is 0. The molecule has 0 amide bonds. The molecule has 1 aromatic carbocycles.